The minimum absolute atomic E-state index is 0.0467. The van der Waals surface area contributed by atoms with Gasteiger partial charge in [0.25, 0.3) is 5.91 Å². The van der Waals surface area contributed by atoms with Crippen LogP contribution in [0.2, 0.25) is 10.0 Å². The van der Waals surface area contributed by atoms with Crippen LogP contribution in [-0.2, 0) is 16.1 Å². The van der Waals surface area contributed by atoms with Crippen molar-refractivity contribution < 1.29 is 14.3 Å². The molecule has 0 heterocycles. The zero-order chi connectivity index (χ0) is 21.6. The highest BCUT2D eigenvalue weighted by atomic mass is 35.5. The fourth-order valence-electron chi connectivity index (χ4n) is 2.70. The Morgan fingerprint density at radius 1 is 1.03 bits per heavy atom. The molecule has 1 N–H and O–H groups in total. The van der Waals surface area contributed by atoms with Crippen LogP contribution in [0.5, 0.6) is 5.75 Å². The Balaban J connectivity index is 2.21. The predicted molar refractivity (Wildman–Crippen MR) is 116 cm³/mol. The normalized spacial score (nSPS) is 11.8. The first-order valence-electron chi connectivity index (χ1n) is 9.41. The van der Waals surface area contributed by atoms with E-state index in [0.29, 0.717) is 21.4 Å². The average molecular weight is 437 g/mol. The Kier molecular flexibility index (Phi) is 8.35. The lowest BCUT2D eigenvalue weighted by Gasteiger charge is -2.30. The van der Waals surface area contributed by atoms with E-state index in [1.54, 1.807) is 37.3 Å². The summed E-state index contributed by atoms with van der Waals surface area (Å²) in [5, 5.41) is 3.71. The zero-order valence-electron chi connectivity index (χ0n) is 17.0. The number of halogens is 2. The van der Waals surface area contributed by atoms with Crippen molar-refractivity contribution in [3.8, 4) is 5.75 Å². The van der Waals surface area contributed by atoms with Crippen molar-refractivity contribution in [1.29, 1.82) is 0 Å². The maximum Gasteiger partial charge on any atom is 0.261 e. The molecular formula is C22H26Cl2N2O3. The molecule has 0 bridgehead atoms. The van der Waals surface area contributed by atoms with Crippen LogP contribution >= 0.6 is 23.2 Å². The Morgan fingerprint density at radius 3 is 2.17 bits per heavy atom. The molecule has 156 valence electrons. The summed E-state index contributed by atoms with van der Waals surface area (Å²) in [7, 11) is 0. The third kappa shape index (κ3) is 6.65. The largest absolute Gasteiger partial charge is 0.484 e. The van der Waals surface area contributed by atoms with Gasteiger partial charge in [-0.3, -0.25) is 9.59 Å². The molecule has 7 heteroatoms. The molecule has 29 heavy (non-hydrogen) atoms. The molecule has 0 aromatic heterocycles. The average Bonchev–Trinajstić information content (AvgIpc) is 2.66. The van der Waals surface area contributed by atoms with Crippen molar-refractivity contribution in [1.82, 2.24) is 10.2 Å². The predicted octanol–water partition coefficient (Wildman–Crippen LogP) is 4.62. The molecule has 0 aliphatic heterocycles. The second kappa shape index (κ2) is 10.5. The van der Waals surface area contributed by atoms with E-state index in [1.807, 2.05) is 32.9 Å². The quantitative estimate of drug-likeness (QED) is 0.656. The van der Waals surface area contributed by atoms with E-state index in [-0.39, 0.29) is 31.0 Å². The molecular weight excluding hydrogens is 411 g/mol. The molecule has 0 fully saturated rings. The molecule has 1 atom stereocenters. The second-order valence-corrected chi connectivity index (χ2v) is 7.98. The van der Waals surface area contributed by atoms with Gasteiger partial charge in [0, 0.05) is 28.2 Å². The van der Waals surface area contributed by atoms with Gasteiger partial charge in [-0.25, -0.2) is 0 Å². The molecule has 2 rings (SSSR count). The zero-order valence-corrected chi connectivity index (χ0v) is 18.6. The molecule has 0 saturated carbocycles. The summed E-state index contributed by atoms with van der Waals surface area (Å²) in [6.45, 7) is 7.27. The van der Waals surface area contributed by atoms with Gasteiger partial charge in [-0.05, 0) is 52.0 Å². The first-order chi connectivity index (χ1) is 13.7. The fourth-order valence-corrected chi connectivity index (χ4v) is 3.22. The third-order valence-corrected chi connectivity index (χ3v) is 5.08. The summed E-state index contributed by atoms with van der Waals surface area (Å²) in [5.74, 6) is -0.0150. The van der Waals surface area contributed by atoms with Gasteiger partial charge in [0.1, 0.15) is 11.8 Å². The molecule has 2 aromatic carbocycles. The molecule has 0 saturated heterocycles. The molecule has 0 aliphatic carbocycles. The van der Waals surface area contributed by atoms with Crippen LogP contribution in [0.15, 0.2) is 42.5 Å². The summed E-state index contributed by atoms with van der Waals surface area (Å²) in [6.07, 6.45) is 0. The number of ether oxygens (including phenoxy) is 1. The van der Waals surface area contributed by atoms with Crippen LogP contribution in [0, 0.1) is 6.92 Å². The molecule has 2 amide bonds. The Labute approximate surface area is 181 Å². The van der Waals surface area contributed by atoms with Crippen LogP contribution < -0.4 is 10.1 Å². The SMILES string of the molecule is Cc1ccc(OCC(=O)N(Cc2c(Cl)cccc2Cl)C(C)C(=O)NC(C)C)cc1. The monoisotopic (exact) mass is 436 g/mol. The van der Waals surface area contributed by atoms with Gasteiger partial charge in [0.15, 0.2) is 6.61 Å². The van der Waals surface area contributed by atoms with E-state index < -0.39 is 6.04 Å². The number of aryl methyl sites for hydroxylation is 1. The Hall–Kier alpha value is -2.24. The minimum atomic E-state index is -0.723. The standard InChI is InChI=1S/C22H26Cl2N2O3/c1-14(2)25-22(28)16(4)26(12-18-19(23)6-5-7-20(18)24)21(27)13-29-17-10-8-15(3)9-11-17/h5-11,14,16H,12-13H2,1-4H3,(H,25,28). The van der Waals surface area contributed by atoms with E-state index in [0.717, 1.165) is 5.56 Å². The van der Waals surface area contributed by atoms with Crippen molar-refractivity contribution >= 4 is 35.0 Å². The second-order valence-electron chi connectivity index (χ2n) is 7.16. The summed E-state index contributed by atoms with van der Waals surface area (Å²) in [6, 6.07) is 11.8. The van der Waals surface area contributed by atoms with Crippen LogP contribution in [-0.4, -0.2) is 35.4 Å². The van der Waals surface area contributed by atoms with Gasteiger partial charge in [-0.15, -0.1) is 0 Å². The first kappa shape index (κ1) is 23.0. The van der Waals surface area contributed by atoms with Crippen molar-refractivity contribution in [2.24, 2.45) is 0 Å². The van der Waals surface area contributed by atoms with E-state index in [1.165, 1.54) is 4.90 Å². The van der Waals surface area contributed by atoms with Gasteiger partial charge in [-0.2, -0.15) is 0 Å². The summed E-state index contributed by atoms with van der Waals surface area (Å²) < 4.78 is 5.62. The van der Waals surface area contributed by atoms with Gasteiger partial charge >= 0.3 is 0 Å². The van der Waals surface area contributed by atoms with Crippen molar-refractivity contribution in [3.63, 3.8) is 0 Å². The number of carbonyl (C=O) groups is 2. The van der Waals surface area contributed by atoms with Crippen molar-refractivity contribution in [3.05, 3.63) is 63.6 Å². The highest BCUT2D eigenvalue weighted by Crippen LogP contribution is 2.26. The molecule has 2 aromatic rings. The lowest BCUT2D eigenvalue weighted by atomic mass is 10.1. The fraction of sp³-hybridized carbons (Fsp3) is 0.364. The van der Waals surface area contributed by atoms with Crippen molar-refractivity contribution in [2.75, 3.05) is 6.61 Å². The first-order valence-corrected chi connectivity index (χ1v) is 10.2. The minimum Gasteiger partial charge on any atom is -0.484 e. The third-order valence-electron chi connectivity index (χ3n) is 4.37. The molecule has 0 spiro atoms. The maximum atomic E-state index is 13.0. The Bertz CT molecular complexity index is 833. The maximum absolute atomic E-state index is 13.0. The summed E-state index contributed by atoms with van der Waals surface area (Å²) in [5.41, 5.74) is 1.68. The van der Waals surface area contributed by atoms with Gasteiger partial charge < -0.3 is 15.0 Å². The van der Waals surface area contributed by atoms with E-state index >= 15 is 0 Å². The molecule has 5 nitrogen and oxygen atoms in total. The number of hydrogen-bond acceptors (Lipinski definition) is 3. The Morgan fingerprint density at radius 2 is 1.62 bits per heavy atom. The number of hydrogen-bond donors (Lipinski definition) is 1. The molecule has 1 unspecified atom stereocenters. The van der Waals surface area contributed by atoms with E-state index in [4.69, 9.17) is 27.9 Å². The highest BCUT2D eigenvalue weighted by molar-refractivity contribution is 6.36. The lowest BCUT2D eigenvalue weighted by Crippen LogP contribution is -2.50. The van der Waals surface area contributed by atoms with E-state index in [2.05, 4.69) is 5.32 Å². The number of rotatable bonds is 8. The summed E-state index contributed by atoms with van der Waals surface area (Å²) >= 11 is 12.6. The summed E-state index contributed by atoms with van der Waals surface area (Å²) in [4.78, 5) is 27.0. The van der Waals surface area contributed by atoms with Crippen LogP contribution in [0.1, 0.15) is 31.9 Å². The number of amides is 2. The number of benzene rings is 2. The van der Waals surface area contributed by atoms with Crippen LogP contribution in [0.3, 0.4) is 0 Å². The highest BCUT2D eigenvalue weighted by Gasteiger charge is 2.28. The smallest absolute Gasteiger partial charge is 0.261 e. The van der Waals surface area contributed by atoms with E-state index in [9.17, 15) is 9.59 Å². The van der Waals surface area contributed by atoms with Crippen LogP contribution in [0.4, 0.5) is 0 Å². The number of nitrogens with one attached hydrogen (secondary N) is 1. The topological polar surface area (TPSA) is 58.6 Å². The number of nitrogens with zero attached hydrogens (tertiary/aromatic N) is 1. The molecule has 0 radical (unpaired) electrons. The van der Waals surface area contributed by atoms with Gasteiger partial charge in [0.05, 0.1) is 0 Å². The van der Waals surface area contributed by atoms with Crippen LogP contribution in [0.25, 0.3) is 0 Å². The lowest BCUT2D eigenvalue weighted by molar-refractivity contribution is -0.142. The number of carbonyl (C=O) groups excluding carboxylic acids is 2. The van der Waals surface area contributed by atoms with Crippen molar-refractivity contribution in [2.45, 2.75) is 46.3 Å². The molecule has 0 aliphatic rings. The van der Waals surface area contributed by atoms with Gasteiger partial charge in [-0.1, -0.05) is 47.0 Å². The van der Waals surface area contributed by atoms with Gasteiger partial charge in [0.2, 0.25) is 5.91 Å².